The smallest absolute Gasteiger partial charge is 0.290 e. The zero-order valence-corrected chi connectivity index (χ0v) is 17.7. The lowest BCUT2D eigenvalue weighted by Crippen LogP contribution is -2.31. The molecule has 1 aromatic heterocycles. The second kappa shape index (κ2) is 8.08. The Bertz CT molecular complexity index is 1360. The molecule has 0 N–H and O–H groups in total. The predicted octanol–water partition coefficient (Wildman–Crippen LogP) is 5.28. The molecule has 2 heterocycles. The van der Waals surface area contributed by atoms with E-state index in [1.165, 1.54) is 23.8 Å². The molecule has 1 atom stereocenters. The molecule has 160 valence electrons. The summed E-state index contributed by atoms with van der Waals surface area (Å²) < 4.78 is 19.7. The summed E-state index contributed by atoms with van der Waals surface area (Å²) >= 11 is 0. The van der Waals surface area contributed by atoms with Gasteiger partial charge in [0.15, 0.2) is 5.43 Å². The Balaban J connectivity index is 1.65. The van der Waals surface area contributed by atoms with E-state index in [9.17, 15) is 14.0 Å². The van der Waals surface area contributed by atoms with Crippen LogP contribution in [0.4, 0.5) is 4.39 Å². The van der Waals surface area contributed by atoms with Gasteiger partial charge in [-0.3, -0.25) is 9.59 Å². The standard InChI is InChI=1S/C27H22FNO3/c1-2-17-8-10-19(11-9-17)24-23-25(30)21-16-20(28)12-13-22(21)32-26(23)27(31)29(24)15-14-18-6-4-3-5-7-18/h3-13,16,24H,2,14-15H2,1H3. The van der Waals surface area contributed by atoms with E-state index in [1.54, 1.807) is 4.90 Å². The minimum atomic E-state index is -0.573. The first kappa shape index (κ1) is 20.2. The summed E-state index contributed by atoms with van der Waals surface area (Å²) in [6.07, 6.45) is 1.54. The number of rotatable bonds is 5. The van der Waals surface area contributed by atoms with Crippen molar-refractivity contribution >= 4 is 16.9 Å². The van der Waals surface area contributed by atoms with Gasteiger partial charge in [-0.2, -0.15) is 0 Å². The number of hydrogen-bond donors (Lipinski definition) is 0. The highest BCUT2D eigenvalue weighted by atomic mass is 19.1. The zero-order chi connectivity index (χ0) is 22.2. The van der Waals surface area contributed by atoms with Crippen molar-refractivity contribution in [2.45, 2.75) is 25.8 Å². The third-order valence-electron chi connectivity index (χ3n) is 6.12. The summed E-state index contributed by atoms with van der Waals surface area (Å²) in [6, 6.07) is 21.1. The third-order valence-corrected chi connectivity index (χ3v) is 6.12. The van der Waals surface area contributed by atoms with Crippen molar-refractivity contribution < 1.29 is 13.6 Å². The van der Waals surface area contributed by atoms with Crippen LogP contribution in [-0.2, 0) is 12.8 Å². The van der Waals surface area contributed by atoms with Gasteiger partial charge in [0.25, 0.3) is 5.91 Å². The molecule has 0 saturated heterocycles. The Morgan fingerprint density at radius 3 is 2.41 bits per heavy atom. The maximum atomic E-state index is 13.9. The van der Waals surface area contributed by atoms with Crippen LogP contribution < -0.4 is 5.43 Å². The normalized spacial score (nSPS) is 15.4. The van der Waals surface area contributed by atoms with Crippen molar-refractivity contribution in [1.82, 2.24) is 4.90 Å². The molecule has 1 amide bonds. The van der Waals surface area contributed by atoms with E-state index in [2.05, 4.69) is 6.92 Å². The number of benzene rings is 3. The van der Waals surface area contributed by atoms with Crippen LogP contribution in [0.25, 0.3) is 11.0 Å². The second-order valence-electron chi connectivity index (χ2n) is 8.05. The fraction of sp³-hybridized carbons (Fsp3) is 0.185. The molecule has 4 aromatic rings. The van der Waals surface area contributed by atoms with E-state index in [1.807, 2.05) is 54.6 Å². The molecule has 3 aromatic carbocycles. The van der Waals surface area contributed by atoms with Gasteiger partial charge < -0.3 is 9.32 Å². The number of carbonyl (C=O) groups excluding carboxylic acids is 1. The number of halogens is 1. The molecule has 0 saturated carbocycles. The average molecular weight is 427 g/mol. The zero-order valence-electron chi connectivity index (χ0n) is 17.7. The van der Waals surface area contributed by atoms with Crippen molar-refractivity contribution in [1.29, 1.82) is 0 Å². The first-order chi connectivity index (χ1) is 15.6. The van der Waals surface area contributed by atoms with Crippen LogP contribution in [0.5, 0.6) is 0 Å². The van der Waals surface area contributed by atoms with Crippen molar-refractivity contribution in [3.63, 3.8) is 0 Å². The van der Waals surface area contributed by atoms with E-state index in [0.29, 0.717) is 13.0 Å². The lowest BCUT2D eigenvalue weighted by atomic mass is 9.97. The van der Waals surface area contributed by atoms with Gasteiger partial charge in [-0.05, 0) is 47.7 Å². The average Bonchev–Trinajstić information content (AvgIpc) is 3.10. The Labute approximate surface area is 184 Å². The molecule has 0 radical (unpaired) electrons. The van der Waals surface area contributed by atoms with Crippen LogP contribution in [0.1, 0.15) is 45.8 Å². The van der Waals surface area contributed by atoms with E-state index in [0.717, 1.165) is 17.5 Å². The number of nitrogens with zero attached hydrogens (tertiary/aromatic N) is 1. The third kappa shape index (κ3) is 3.40. The highest BCUT2D eigenvalue weighted by Gasteiger charge is 2.42. The first-order valence-electron chi connectivity index (χ1n) is 10.8. The van der Waals surface area contributed by atoms with Crippen molar-refractivity contribution in [2.75, 3.05) is 6.54 Å². The summed E-state index contributed by atoms with van der Waals surface area (Å²) in [5.41, 5.74) is 3.25. The highest BCUT2D eigenvalue weighted by molar-refractivity contribution is 5.99. The van der Waals surface area contributed by atoms with Gasteiger partial charge in [0.2, 0.25) is 5.76 Å². The van der Waals surface area contributed by atoms with Crippen LogP contribution in [0.2, 0.25) is 0 Å². The molecule has 0 bridgehead atoms. The Kier molecular flexibility index (Phi) is 5.10. The number of carbonyl (C=O) groups is 1. The molecule has 32 heavy (non-hydrogen) atoms. The number of aryl methyl sites for hydroxylation is 1. The minimum Gasteiger partial charge on any atom is -0.450 e. The van der Waals surface area contributed by atoms with Crippen molar-refractivity contribution in [3.05, 3.63) is 117 Å². The molecule has 1 unspecified atom stereocenters. The molecule has 0 aliphatic carbocycles. The highest BCUT2D eigenvalue weighted by Crippen LogP contribution is 2.38. The van der Waals surface area contributed by atoms with Crippen LogP contribution in [0.15, 0.2) is 82.0 Å². The molecule has 1 aliphatic heterocycles. The second-order valence-corrected chi connectivity index (χ2v) is 8.05. The quantitative estimate of drug-likeness (QED) is 0.435. The summed E-state index contributed by atoms with van der Waals surface area (Å²) in [6.45, 7) is 2.50. The molecule has 4 nitrogen and oxygen atoms in total. The van der Waals surface area contributed by atoms with Gasteiger partial charge in [-0.15, -0.1) is 0 Å². The molecular weight excluding hydrogens is 405 g/mol. The summed E-state index contributed by atoms with van der Waals surface area (Å²) in [7, 11) is 0. The van der Waals surface area contributed by atoms with Gasteiger partial charge >= 0.3 is 0 Å². The van der Waals surface area contributed by atoms with E-state index in [4.69, 9.17) is 4.42 Å². The predicted molar refractivity (Wildman–Crippen MR) is 121 cm³/mol. The summed E-state index contributed by atoms with van der Waals surface area (Å²) in [5, 5.41) is 0.150. The van der Waals surface area contributed by atoms with Crippen LogP contribution >= 0.6 is 0 Å². The molecular formula is C27H22FNO3. The van der Waals surface area contributed by atoms with Gasteiger partial charge in [0.1, 0.15) is 11.4 Å². The first-order valence-corrected chi connectivity index (χ1v) is 10.8. The van der Waals surface area contributed by atoms with Gasteiger partial charge in [-0.1, -0.05) is 61.5 Å². The summed E-state index contributed by atoms with van der Waals surface area (Å²) in [4.78, 5) is 28.5. The molecule has 0 fully saturated rings. The summed E-state index contributed by atoms with van der Waals surface area (Å²) in [5.74, 6) is -0.783. The maximum absolute atomic E-state index is 13.9. The Morgan fingerprint density at radius 2 is 1.69 bits per heavy atom. The largest absolute Gasteiger partial charge is 0.450 e. The monoisotopic (exact) mass is 427 g/mol. The van der Waals surface area contributed by atoms with E-state index < -0.39 is 11.9 Å². The Hall–Kier alpha value is -3.73. The van der Waals surface area contributed by atoms with Crippen molar-refractivity contribution in [2.24, 2.45) is 0 Å². The number of fused-ring (bicyclic) bond motifs is 2. The lowest BCUT2D eigenvalue weighted by Gasteiger charge is -2.25. The topological polar surface area (TPSA) is 50.5 Å². The van der Waals surface area contributed by atoms with Gasteiger partial charge in [0, 0.05) is 6.54 Å². The van der Waals surface area contributed by atoms with Crippen molar-refractivity contribution in [3.8, 4) is 0 Å². The number of hydrogen-bond acceptors (Lipinski definition) is 3. The Morgan fingerprint density at radius 1 is 0.938 bits per heavy atom. The van der Waals surface area contributed by atoms with Gasteiger partial charge in [-0.25, -0.2) is 4.39 Å². The molecule has 5 rings (SSSR count). The van der Waals surface area contributed by atoms with E-state index >= 15 is 0 Å². The van der Waals surface area contributed by atoms with E-state index in [-0.39, 0.29) is 33.6 Å². The van der Waals surface area contributed by atoms with Crippen LogP contribution in [0, 0.1) is 5.82 Å². The molecule has 1 aliphatic rings. The van der Waals surface area contributed by atoms with Crippen LogP contribution in [0.3, 0.4) is 0 Å². The maximum Gasteiger partial charge on any atom is 0.290 e. The SMILES string of the molecule is CCc1ccc(C2c3c(oc4ccc(F)cc4c3=O)C(=O)N2CCc2ccccc2)cc1. The fourth-order valence-electron chi connectivity index (χ4n) is 4.40. The fourth-order valence-corrected chi connectivity index (χ4v) is 4.40. The molecule has 5 heteroatoms. The van der Waals surface area contributed by atoms with Gasteiger partial charge in [0.05, 0.1) is 17.0 Å². The lowest BCUT2D eigenvalue weighted by molar-refractivity contribution is 0.0730. The minimum absolute atomic E-state index is 0.0479. The molecule has 0 spiro atoms. The van der Waals surface area contributed by atoms with Crippen LogP contribution in [-0.4, -0.2) is 17.4 Å². The number of amides is 1.